The highest BCUT2D eigenvalue weighted by molar-refractivity contribution is 5.67. The molecule has 0 radical (unpaired) electrons. The zero-order valence-corrected chi connectivity index (χ0v) is 14.7. The van der Waals surface area contributed by atoms with E-state index in [1.807, 2.05) is 0 Å². The molecule has 0 heterocycles. The van der Waals surface area contributed by atoms with Gasteiger partial charge in [-0.25, -0.2) is 4.79 Å². The van der Waals surface area contributed by atoms with E-state index in [1.165, 1.54) is 38.5 Å². The summed E-state index contributed by atoms with van der Waals surface area (Å²) in [6.07, 6.45) is 12.3. The molecule has 0 aliphatic rings. The average molecular weight is 301 g/mol. The van der Waals surface area contributed by atoms with Crippen molar-refractivity contribution in [3.63, 3.8) is 0 Å². The summed E-state index contributed by atoms with van der Waals surface area (Å²) in [4.78, 5) is 11.3. The smallest absolute Gasteiger partial charge is 0.359 e. The van der Waals surface area contributed by atoms with Gasteiger partial charge in [0.15, 0.2) is 6.54 Å². The van der Waals surface area contributed by atoms with Crippen molar-refractivity contribution >= 4 is 5.97 Å². The van der Waals surface area contributed by atoms with Crippen LogP contribution in [0.5, 0.6) is 0 Å². The van der Waals surface area contributed by atoms with Crippen LogP contribution in [0.2, 0.25) is 0 Å². The third kappa shape index (κ3) is 10.8. The molecule has 0 aliphatic heterocycles. The topological polar surface area (TPSA) is 37.3 Å². The molecule has 126 valence electrons. The molecule has 0 amide bonds. The summed E-state index contributed by atoms with van der Waals surface area (Å²) in [5.74, 6) is -0.631. The van der Waals surface area contributed by atoms with Gasteiger partial charge in [0, 0.05) is 0 Å². The Morgan fingerprint density at radius 1 is 0.714 bits per heavy atom. The maximum Gasteiger partial charge on any atom is 0.359 e. The second-order valence-electron chi connectivity index (χ2n) is 6.54. The molecule has 0 spiro atoms. The lowest BCUT2D eigenvalue weighted by Gasteiger charge is -2.37. The van der Waals surface area contributed by atoms with E-state index >= 15 is 0 Å². The molecule has 0 saturated carbocycles. The summed E-state index contributed by atoms with van der Waals surface area (Å²) < 4.78 is 0.810. The fourth-order valence-corrected chi connectivity index (χ4v) is 3.07. The number of carbonyl (C=O) groups is 1. The standard InChI is InChI=1S/C18H37NO2/c1-4-7-10-11-12-13-16-19(14-8-5-2,15-9-6-3)17-18(20)21/h4-17H2,1-3H3/p+1. The normalized spacial score (nSPS) is 11.8. The monoisotopic (exact) mass is 300 g/mol. The van der Waals surface area contributed by atoms with E-state index in [9.17, 15) is 9.90 Å². The van der Waals surface area contributed by atoms with Gasteiger partial charge in [0.1, 0.15) is 0 Å². The average Bonchev–Trinajstić information content (AvgIpc) is 2.46. The molecule has 1 N–H and O–H groups in total. The van der Waals surface area contributed by atoms with Gasteiger partial charge in [0.25, 0.3) is 0 Å². The summed E-state index contributed by atoms with van der Waals surface area (Å²) in [5, 5.41) is 9.30. The number of quaternary nitrogens is 1. The number of hydrogen-bond donors (Lipinski definition) is 1. The lowest BCUT2D eigenvalue weighted by Crippen LogP contribution is -2.53. The highest BCUT2D eigenvalue weighted by Gasteiger charge is 2.28. The van der Waals surface area contributed by atoms with Crippen LogP contribution in [-0.4, -0.2) is 41.7 Å². The number of unbranched alkanes of at least 4 members (excludes halogenated alkanes) is 7. The lowest BCUT2D eigenvalue weighted by atomic mass is 10.1. The Morgan fingerprint density at radius 2 is 1.14 bits per heavy atom. The molecular formula is C18H38NO2+. The minimum absolute atomic E-state index is 0.314. The van der Waals surface area contributed by atoms with Crippen molar-refractivity contribution in [1.82, 2.24) is 0 Å². The second-order valence-corrected chi connectivity index (χ2v) is 6.54. The molecule has 0 aromatic heterocycles. The molecule has 0 saturated heterocycles. The van der Waals surface area contributed by atoms with Gasteiger partial charge in [-0.15, -0.1) is 0 Å². The molecule has 0 aromatic carbocycles. The van der Waals surface area contributed by atoms with Crippen LogP contribution in [0.3, 0.4) is 0 Å². The first-order valence-electron chi connectivity index (χ1n) is 9.17. The largest absolute Gasteiger partial charge is 0.477 e. The molecular weight excluding hydrogens is 262 g/mol. The van der Waals surface area contributed by atoms with Crippen LogP contribution in [-0.2, 0) is 4.79 Å². The Kier molecular flexibility index (Phi) is 12.8. The Hall–Kier alpha value is -0.570. The fourth-order valence-electron chi connectivity index (χ4n) is 3.07. The van der Waals surface area contributed by atoms with Crippen molar-refractivity contribution in [2.45, 2.75) is 85.0 Å². The van der Waals surface area contributed by atoms with Gasteiger partial charge in [0.05, 0.1) is 19.6 Å². The van der Waals surface area contributed by atoms with Gasteiger partial charge < -0.3 is 9.59 Å². The van der Waals surface area contributed by atoms with Crippen molar-refractivity contribution in [2.75, 3.05) is 26.2 Å². The molecule has 0 aliphatic carbocycles. The predicted octanol–water partition coefficient (Wildman–Crippen LogP) is 4.85. The second kappa shape index (κ2) is 13.1. The highest BCUT2D eigenvalue weighted by Crippen LogP contribution is 2.16. The molecule has 0 atom stereocenters. The van der Waals surface area contributed by atoms with Gasteiger partial charge in [-0.05, 0) is 25.7 Å². The first-order valence-corrected chi connectivity index (χ1v) is 9.17. The summed E-state index contributed by atoms with van der Waals surface area (Å²) in [6, 6.07) is 0. The lowest BCUT2D eigenvalue weighted by molar-refractivity contribution is -0.922. The summed E-state index contributed by atoms with van der Waals surface area (Å²) in [7, 11) is 0. The molecule has 3 nitrogen and oxygen atoms in total. The number of carboxylic acid groups (broad SMARTS) is 1. The van der Waals surface area contributed by atoms with Crippen molar-refractivity contribution in [3.05, 3.63) is 0 Å². The van der Waals surface area contributed by atoms with E-state index in [2.05, 4.69) is 20.8 Å². The van der Waals surface area contributed by atoms with E-state index in [0.717, 1.165) is 49.8 Å². The number of aliphatic carboxylic acids is 1. The van der Waals surface area contributed by atoms with Crippen molar-refractivity contribution in [1.29, 1.82) is 0 Å². The Labute approximate surface area is 132 Å². The third-order valence-electron chi connectivity index (χ3n) is 4.43. The van der Waals surface area contributed by atoms with Gasteiger partial charge in [0.2, 0.25) is 0 Å². The summed E-state index contributed by atoms with van der Waals surface area (Å²) in [5.41, 5.74) is 0. The molecule has 0 aromatic rings. The molecule has 3 heteroatoms. The van der Waals surface area contributed by atoms with E-state index in [0.29, 0.717) is 6.54 Å². The van der Waals surface area contributed by atoms with Crippen LogP contribution in [0, 0.1) is 0 Å². The summed E-state index contributed by atoms with van der Waals surface area (Å²) >= 11 is 0. The Bertz CT molecular complexity index is 246. The SMILES string of the molecule is CCCCCCCC[N+](CCCC)(CCCC)CC(=O)O. The Morgan fingerprint density at radius 3 is 1.62 bits per heavy atom. The fraction of sp³-hybridized carbons (Fsp3) is 0.944. The molecule has 0 rings (SSSR count). The third-order valence-corrected chi connectivity index (χ3v) is 4.43. The van der Waals surface area contributed by atoms with Crippen LogP contribution < -0.4 is 0 Å². The van der Waals surface area contributed by atoms with E-state index < -0.39 is 5.97 Å². The summed E-state index contributed by atoms with van der Waals surface area (Å²) in [6.45, 7) is 10.1. The zero-order valence-electron chi connectivity index (χ0n) is 14.7. The number of carboxylic acids is 1. The number of rotatable bonds is 15. The number of nitrogens with zero attached hydrogens (tertiary/aromatic N) is 1. The van der Waals surface area contributed by atoms with Crippen molar-refractivity contribution < 1.29 is 14.4 Å². The molecule has 0 fully saturated rings. The maximum atomic E-state index is 11.3. The van der Waals surface area contributed by atoms with Crippen LogP contribution in [0.15, 0.2) is 0 Å². The predicted molar refractivity (Wildman–Crippen MR) is 90.6 cm³/mol. The van der Waals surface area contributed by atoms with Gasteiger partial charge in [-0.1, -0.05) is 59.3 Å². The molecule has 0 unspecified atom stereocenters. The maximum absolute atomic E-state index is 11.3. The van der Waals surface area contributed by atoms with Gasteiger partial charge >= 0.3 is 5.97 Å². The van der Waals surface area contributed by atoms with Crippen LogP contribution in [0.25, 0.3) is 0 Å². The zero-order chi connectivity index (χ0) is 16.0. The molecule has 21 heavy (non-hydrogen) atoms. The first-order chi connectivity index (χ1) is 10.1. The van der Waals surface area contributed by atoms with Crippen LogP contribution in [0.1, 0.15) is 85.0 Å². The molecule has 0 bridgehead atoms. The Balaban J connectivity index is 4.38. The minimum Gasteiger partial charge on any atom is -0.477 e. The van der Waals surface area contributed by atoms with Crippen LogP contribution >= 0.6 is 0 Å². The van der Waals surface area contributed by atoms with Crippen LogP contribution in [0.4, 0.5) is 0 Å². The minimum atomic E-state index is -0.631. The highest BCUT2D eigenvalue weighted by atomic mass is 16.4. The van der Waals surface area contributed by atoms with Crippen molar-refractivity contribution in [3.8, 4) is 0 Å². The quantitative estimate of drug-likeness (QED) is 0.347. The van der Waals surface area contributed by atoms with E-state index in [4.69, 9.17) is 0 Å². The van der Waals surface area contributed by atoms with Gasteiger partial charge in [-0.3, -0.25) is 0 Å². The van der Waals surface area contributed by atoms with Crippen molar-refractivity contribution in [2.24, 2.45) is 0 Å². The van der Waals surface area contributed by atoms with E-state index in [-0.39, 0.29) is 0 Å². The van der Waals surface area contributed by atoms with E-state index in [1.54, 1.807) is 0 Å². The number of hydrogen-bond acceptors (Lipinski definition) is 1. The van der Waals surface area contributed by atoms with Gasteiger partial charge in [-0.2, -0.15) is 0 Å². The first kappa shape index (κ1) is 20.4.